The number of nitrogens with zero attached hydrogens (tertiary/aromatic N) is 2. The van der Waals surface area contributed by atoms with Gasteiger partial charge in [0, 0.05) is 12.7 Å². The van der Waals surface area contributed by atoms with E-state index in [1.165, 1.54) is 7.11 Å². The number of benzene rings is 1. The second-order valence-electron chi connectivity index (χ2n) is 9.44. The SMILES string of the molecule is CO[C@H]1O[C@@H]2CO[C@@H](c3ccccc3)O[C@H]2[C@H](O[Si](C)(C)C(C)(C)C)[C@@H]1OC(=O)C=[N+]=[N-]. The van der Waals surface area contributed by atoms with Gasteiger partial charge in [0.25, 0.3) is 0 Å². The lowest BCUT2D eigenvalue weighted by Crippen LogP contribution is -2.66. The van der Waals surface area contributed by atoms with Crippen molar-refractivity contribution < 1.29 is 37.7 Å². The van der Waals surface area contributed by atoms with E-state index in [1.54, 1.807) is 0 Å². The molecule has 2 saturated heterocycles. The maximum absolute atomic E-state index is 12.2. The van der Waals surface area contributed by atoms with Gasteiger partial charge in [-0.3, -0.25) is 0 Å². The number of esters is 1. The quantitative estimate of drug-likeness (QED) is 0.209. The van der Waals surface area contributed by atoms with Gasteiger partial charge >= 0.3 is 12.2 Å². The summed E-state index contributed by atoms with van der Waals surface area (Å²) in [4.78, 5) is 14.9. The topological polar surface area (TPSA) is 109 Å². The third kappa shape index (κ3) is 5.35. The number of carbonyl (C=O) groups excluding carboxylic acids is 1. The molecule has 2 fully saturated rings. The maximum Gasteiger partial charge on any atom is 0.414 e. The van der Waals surface area contributed by atoms with Crippen LogP contribution >= 0.6 is 0 Å². The predicted octanol–water partition coefficient (Wildman–Crippen LogP) is 3.07. The van der Waals surface area contributed by atoms with Gasteiger partial charge in [-0.2, -0.15) is 4.79 Å². The molecule has 2 heterocycles. The number of fused-ring (bicyclic) bond motifs is 1. The van der Waals surface area contributed by atoms with Crippen molar-refractivity contribution >= 4 is 20.5 Å². The number of hydrogen-bond acceptors (Lipinski definition) is 7. The van der Waals surface area contributed by atoms with Crippen LogP contribution < -0.4 is 0 Å². The molecule has 3 rings (SSSR count). The van der Waals surface area contributed by atoms with Gasteiger partial charge in [0.15, 0.2) is 27.0 Å². The fraction of sp³-hybridized carbons (Fsp3) is 0.636. The molecule has 176 valence electrons. The lowest BCUT2D eigenvalue weighted by Gasteiger charge is -2.51. The molecule has 0 N–H and O–H groups in total. The summed E-state index contributed by atoms with van der Waals surface area (Å²) in [5.74, 6) is -0.836. The fourth-order valence-corrected chi connectivity index (χ4v) is 4.81. The van der Waals surface area contributed by atoms with Crippen molar-refractivity contribution in [3.05, 3.63) is 41.4 Å². The maximum atomic E-state index is 12.2. The van der Waals surface area contributed by atoms with Gasteiger partial charge in [-0.05, 0) is 18.1 Å². The van der Waals surface area contributed by atoms with Crippen molar-refractivity contribution in [3.8, 4) is 0 Å². The Morgan fingerprint density at radius 1 is 1.19 bits per heavy atom. The molecule has 0 spiro atoms. The van der Waals surface area contributed by atoms with Gasteiger partial charge in [-0.1, -0.05) is 51.1 Å². The summed E-state index contributed by atoms with van der Waals surface area (Å²) >= 11 is 0. The lowest BCUT2D eigenvalue weighted by molar-refractivity contribution is -0.356. The largest absolute Gasteiger partial charge is 0.446 e. The Kier molecular flexibility index (Phi) is 7.67. The Morgan fingerprint density at radius 2 is 1.88 bits per heavy atom. The molecule has 0 bridgehead atoms. The van der Waals surface area contributed by atoms with Crippen LogP contribution in [0.5, 0.6) is 0 Å². The van der Waals surface area contributed by atoms with Crippen molar-refractivity contribution in [1.29, 1.82) is 0 Å². The second-order valence-corrected chi connectivity index (χ2v) is 14.2. The Hall–Kier alpha value is -1.91. The molecule has 1 aromatic rings. The minimum Gasteiger partial charge on any atom is -0.446 e. The van der Waals surface area contributed by atoms with Crippen LogP contribution in [0.3, 0.4) is 0 Å². The summed E-state index contributed by atoms with van der Waals surface area (Å²) in [6, 6.07) is 9.59. The molecular formula is C22H32N2O7Si. The molecule has 0 unspecified atom stereocenters. The Balaban J connectivity index is 1.96. The summed E-state index contributed by atoms with van der Waals surface area (Å²) in [5, 5.41) is -0.103. The van der Waals surface area contributed by atoms with E-state index in [9.17, 15) is 4.79 Å². The van der Waals surface area contributed by atoms with E-state index < -0.39 is 51.3 Å². The standard InChI is InChI=1S/C22H32N2O7Si/c1-22(2,3)32(5,6)31-18-17-15(13-27-20(30-17)14-10-8-7-9-11-14)28-21(26-4)19(18)29-16(25)12-24-23/h7-12,15,17-21H,13H2,1-6H3/t15-,17-,18+,19+,20-,21+/m1/s1. The summed E-state index contributed by atoms with van der Waals surface area (Å²) in [6.07, 6.45) is -3.49. The molecule has 1 aromatic carbocycles. The number of carbonyl (C=O) groups is 1. The molecule has 32 heavy (non-hydrogen) atoms. The molecule has 2 aliphatic rings. The lowest BCUT2D eigenvalue weighted by atomic mass is 9.97. The van der Waals surface area contributed by atoms with Crippen LogP contribution in [0.15, 0.2) is 30.3 Å². The van der Waals surface area contributed by atoms with Crippen LogP contribution in [-0.4, -0.2) is 69.7 Å². The highest BCUT2D eigenvalue weighted by Crippen LogP contribution is 2.42. The highest BCUT2D eigenvalue weighted by molar-refractivity contribution is 6.74. The first-order chi connectivity index (χ1) is 15.1. The zero-order chi connectivity index (χ0) is 23.5. The first kappa shape index (κ1) is 24.7. The van der Waals surface area contributed by atoms with Crippen LogP contribution in [0, 0.1) is 0 Å². The van der Waals surface area contributed by atoms with Gasteiger partial charge < -0.3 is 33.6 Å². The Morgan fingerprint density at radius 3 is 2.47 bits per heavy atom. The highest BCUT2D eigenvalue weighted by atomic mass is 28.4. The second kappa shape index (κ2) is 9.92. The number of ether oxygens (including phenoxy) is 5. The number of rotatable bonds is 6. The van der Waals surface area contributed by atoms with Crippen molar-refractivity contribution in [1.82, 2.24) is 0 Å². The van der Waals surface area contributed by atoms with E-state index in [4.69, 9.17) is 33.6 Å². The first-order valence-electron chi connectivity index (χ1n) is 10.6. The number of methoxy groups -OCH3 is 1. The van der Waals surface area contributed by atoms with E-state index in [1.807, 2.05) is 30.3 Å². The average Bonchev–Trinajstić information content (AvgIpc) is 2.74. The van der Waals surface area contributed by atoms with Crippen LogP contribution in [0.1, 0.15) is 32.6 Å². The van der Waals surface area contributed by atoms with Gasteiger partial charge in [-0.15, -0.1) is 0 Å². The van der Waals surface area contributed by atoms with Gasteiger partial charge in [0.2, 0.25) is 0 Å². The molecule has 9 nitrogen and oxygen atoms in total. The minimum atomic E-state index is -2.33. The summed E-state index contributed by atoms with van der Waals surface area (Å²) in [5.41, 5.74) is 9.60. The Bertz CT molecular complexity index is 838. The summed E-state index contributed by atoms with van der Waals surface area (Å²) < 4.78 is 36.1. The molecule has 0 radical (unpaired) electrons. The molecule has 0 aromatic heterocycles. The number of hydrogen-bond donors (Lipinski definition) is 0. The van der Waals surface area contributed by atoms with Crippen molar-refractivity contribution in [2.24, 2.45) is 0 Å². The molecule has 6 atom stereocenters. The smallest absolute Gasteiger partial charge is 0.414 e. The van der Waals surface area contributed by atoms with Gasteiger partial charge in [-0.25, -0.2) is 4.79 Å². The average molecular weight is 465 g/mol. The van der Waals surface area contributed by atoms with E-state index >= 15 is 0 Å². The summed E-state index contributed by atoms with van der Waals surface area (Å²) in [6.45, 7) is 10.9. The van der Waals surface area contributed by atoms with E-state index in [0.717, 1.165) is 5.56 Å². The van der Waals surface area contributed by atoms with E-state index in [0.29, 0.717) is 6.21 Å². The first-order valence-corrected chi connectivity index (χ1v) is 13.5. The Labute approximate surface area is 189 Å². The fourth-order valence-electron chi connectivity index (χ4n) is 3.50. The molecule has 0 aliphatic carbocycles. The van der Waals surface area contributed by atoms with Gasteiger partial charge in [0.05, 0.1) is 6.61 Å². The zero-order valence-electron chi connectivity index (χ0n) is 19.4. The van der Waals surface area contributed by atoms with Crippen LogP contribution in [-0.2, 0) is 32.9 Å². The highest BCUT2D eigenvalue weighted by Gasteiger charge is 2.55. The molecular weight excluding hydrogens is 432 g/mol. The summed E-state index contributed by atoms with van der Waals surface area (Å²) in [7, 11) is -0.865. The van der Waals surface area contributed by atoms with Crippen molar-refractivity contribution in [2.75, 3.05) is 13.7 Å². The van der Waals surface area contributed by atoms with Crippen LogP contribution in [0.25, 0.3) is 5.53 Å². The van der Waals surface area contributed by atoms with Crippen LogP contribution in [0.4, 0.5) is 0 Å². The normalized spacial score (nSPS) is 30.7. The molecule has 2 aliphatic heterocycles. The molecule has 10 heteroatoms. The van der Waals surface area contributed by atoms with Crippen molar-refractivity contribution in [3.63, 3.8) is 0 Å². The minimum absolute atomic E-state index is 0.103. The van der Waals surface area contributed by atoms with E-state index in [-0.39, 0.29) is 11.6 Å². The predicted molar refractivity (Wildman–Crippen MR) is 117 cm³/mol. The third-order valence-corrected chi connectivity index (χ3v) is 10.7. The monoisotopic (exact) mass is 464 g/mol. The van der Waals surface area contributed by atoms with Crippen molar-refractivity contribution in [2.45, 2.75) is 75.9 Å². The van der Waals surface area contributed by atoms with Crippen LogP contribution in [0.2, 0.25) is 18.1 Å². The molecule has 0 saturated carbocycles. The zero-order valence-corrected chi connectivity index (χ0v) is 20.4. The van der Waals surface area contributed by atoms with Gasteiger partial charge in [0.1, 0.15) is 18.3 Å². The van der Waals surface area contributed by atoms with E-state index in [2.05, 4.69) is 38.7 Å². The molecule has 0 amide bonds. The third-order valence-electron chi connectivity index (χ3n) is 6.24.